The summed E-state index contributed by atoms with van der Waals surface area (Å²) in [5.41, 5.74) is 2.55. The summed E-state index contributed by atoms with van der Waals surface area (Å²) < 4.78 is 0. The monoisotopic (exact) mass is 253 g/mol. The van der Waals surface area contributed by atoms with Crippen molar-refractivity contribution >= 4 is 23.2 Å². The van der Waals surface area contributed by atoms with Gasteiger partial charge in [-0.25, -0.2) is 0 Å². The number of para-hydroxylation sites is 1. The van der Waals surface area contributed by atoms with Crippen LogP contribution < -0.4 is 5.32 Å². The first-order valence-corrected chi connectivity index (χ1v) is 5.79. The van der Waals surface area contributed by atoms with E-state index >= 15 is 0 Å². The first-order chi connectivity index (χ1) is 9.15. The average molecular weight is 253 g/mol. The van der Waals surface area contributed by atoms with E-state index in [9.17, 15) is 15.0 Å². The molecule has 0 unspecified atom stereocenters. The quantitative estimate of drug-likeness (QED) is 0.684. The highest BCUT2D eigenvalue weighted by molar-refractivity contribution is 6.35. The Bertz CT molecular complexity index is 704. The van der Waals surface area contributed by atoms with Crippen molar-refractivity contribution in [1.29, 1.82) is 0 Å². The molecule has 1 heterocycles. The van der Waals surface area contributed by atoms with E-state index in [2.05, 4.69) is 5.32 Å². The van der Waals surface area contributed by atoms with Crippen molar-refractivity contribution in [3.05, 3.63) is 53.6 Å². The van der Waals surface area contributed by atoms with Gasteiger partial charge in [-0.1, -0.05) is 18.2 Å². The Morgan fingerprint density at radius 3 is 2.63 bits per heavy atom. The number of rotatable bonds is 1. The lowest BCUT2D eigenvalue weighted by Crippen LogP contribution is -2.03. The Labute approximate surface area is 109 Å². The highest BCUT2D eigenvalue weighted by Crippen LogP contribution is 2.34. The van der Waals surface area contributed by atoms with E-state index in [1.807, 2.05) is 24.3 Å². The van der Waals surface area contributed by atoms with Crippen molar-refractivity contribution < 1.29 is 15.0 Å². The third-order valence-corrected chi connectivity index (χ3v) is 3.02. The van der Waals surface area contributed by atoms with Gasteiger partial charge in [-0.2, -0.15) is 0 Å². The van der Waals surface area contributed by atoms with Gasteiger partial charge in [-0.15, -0.1) is 0 Å². The maximum absolute atomic E-state index is 11.9. The summed E-state index contributed by atoms with van der Waals surface area (Å²) in [6, 6.07) is 11.6. The molecule has 0 saturated carbocycles. The summed E-state index contributed by atoms with van der Waals surface area (Å²) in [7, 11) is 0. The predicted molar refractivity (Wildman–Crippen MR) is 72.7 cm³/mol. The Morgan fingerprint density at radius 1 is 1.05 bits per heavy atom. The Morgan fingerprint density at radius 2 is 1.84 bits per heavy atom. The minimum absolute atomic E-state index is 0.0177. The first kappa shape index (κ1) is 11.3. The van der Waals surface area contributed by atoms with Crippen molar-refractivity contribution in [1.82, 2.24) is 0 Å². The maximum Gasteiger partial charge on any atom is 0.256 e. The van der Waals surface area contributed by atoms with Crippen molar-refractivity contribution in [2.45, 2.75) is 0 Å². The number of phenols is 2. The molecule has 1 amide bonds. The van der Waals surface area contributed by atoms with Gasteiger partial charge >= 0.3 is 0 Å². The largest absolute Gasteiger partial charge is 0.508 e. The number of carbonyl (C=O) groups is 1. The molecule has 0 radical (unpaired) electrons. The SMILES string of the molecule is O=C1Nc2ccccc2/C1=C\c1ccc(O)cc1O. The number of anilines is 1. The third-order valence-electron chi connectivity index (χ3n) is 3.02. The molecule has 0 bridgehead atoms. The fourth-order valence-electron chi connectivity index (χ4n) is 2.09. The third kappa shape index (κ3) is 1.93. The molecule has 4 heteroatoms. The number of hydrogen-bond acceptors (Lipinski definition) is 3. The van der Waals surface area contributed by atoms with Crippen molar-refractivity contribution in [3.63, 3.8) is 0 Å². The fraction of sp³-hybridized carbons (Fsp3) is 0. The highest BCUT2D eigenvalue weighted by Gasteiger charge is 2.23. The average Bonchev–Trinajstić information content (AvgIpc) is 2.69. The number of aromatic hydroxyl groups is 2. The molecule has 1 aliphatic heterocycles. The fourth-order valence-corrected chi connectivity index (χ4v) is 2.09. The molecule has 0 spiro atoms. The topological polar surface area (TPSA) is 69.6 Å². The molecule has 4 nitrogen and oxygen atoms in total. The molecular formula is C15H11NO3. The Hall–Kier alpha value is -2.75. The minimum atomic E-state index is -0.200. The van der Waals surface area contributed by atoms with Gasteiger partial charge in [-0.3, -0.25) is 4.79 Å². The maximum atomic E-state index is 11.9. The molecule has 94 valence electrons. The smallest absolute Gasteiger partial charge is 0.256 e. The van der Waals surface area contributed by atoms with E-state index < -0.39 is 0 Å². The summed E-state index contributed by atoms with van der Waals surface area (Å²) in [4.78, 5) is 11.9. The zero-order valence-electron chi connectivity index (χ0n) is 9.92. The standard InChI is InChI=1S/C15H11NO3/c17-10-6-5-9(14(18)8-10)7-12-11-3-1-2-4-13(11)16-15(12)19/h1-8,17-18H,(H,16,19)/b12-7+. The molecule has 19 heavy (non-hydrogen) atoms. The number of amides is 1. The zero-order valence-corrected chi connectivity index (χ0v) is 9.92. The lowest BCUT2D eigenvalue weighted by molar-refractivity contribution is -0.110. The lowest BCUT2D eigenvalue weighted by Gasteiger charge is -2.02. The van der Waals surface area contributed by atoms with E-state index in [0.29, 0.717) is 11.1 Å². The second-order valence-corrected chi connectivity index (χ2v) is 4.30. The van der Waals surface area contributed by atoms with Crippen LogP contribution in [0.3, 0.4) is 0 Å². The molecule has 0 fully saturated rings. The van der Waals surface area contributed by atoms with Gasteiger partial charge in [0, 0.05) is 28.5 Å². The second-order valence-electron chi connectivity index (χ2n) is 4.30. The van der Waals surface area contributed by atoms with Crippen LogP contribution >= 0.6 is 0 Å². The number of benzene rings is 2. The minimum Gasteiger partial charge on any atom is -0.508 e. The van der Waals surface area contributed by atoms with Crippen LogP contribution in [0.25, 0.3) is 11.6 Å². The van der Waals surface area contributed by atoms with Gasteiger partial charge in [0.25, 0.3) is 5.91 Å². The molecule has 3 N–H and O–H groups in total. The Balaban J connectivity index is 2.11. The summed E-state index contributed by atoms with van der Waals surface area (Å²) in [6.45, 7) is 0. The number of nitrogens with one attached hydrogen (secondary N) is 1. The summed E-state index contributed by atoms with van der Waals surface area (Å²) in [5.74, 6) is -0.283. The van der Waals surface area contributed by atoms with Crippen LogP contribution in [-0.4, -0.2) is 16.1 Å². The van der Waals surface area contributed by atoms with Gasteiger partial charge in [0.2, 0.25) is 0 Å². The van der Waals surface area contributed by atoms with E-state index in [-0.39, 0.29) is 17.4 Å². The second kappa shape index (κ2) is 4.17. The number of phenolic OH excluding ortho intramolecular Hbond substituents is 2. The van der Waals surface area contributed by atoms with Crippen molar-refractivity contribution in [3.8, 4) is 11.5 Å². The van der Waals surface area contributed by atoms with Crippen molar-refractivity contribution in [2.75, 3.05) is 5.32 Å². The van der Waals surface area contributed by atoms with Crippen LogP contribution in [0.2, 0.25) is 0 Å². The number of carbonyl (C=O) groups excluding carboxylic acids is 1. The van der Waals surface area contributed by atoms with Gasteiger partial charge in [0.15, 0.2) is 0 Å². The number of hydrogen-bond donors (Lipinski definition) is 3. The molecule has 0 aromatic heterocycles. The molecular weight excluding hydrogens is 242 g/mol. The van der Waals surface area contributed by atoms with Gasteiger partial charge < -0.3 is 15.5 Å². The molecule has 0 aliphatic carbocycles. The molecule has 0 saturated heterocycles. The van der Waals surface area contributed by atoms with Crippen LogP contribution in [0.1, 0.15) is 11.1 Å². The van der Waals surface area contributed by atoms with E-state index in [0.717, 1.165) is 11.3 Å². The van der Waals surface area contributed by atoms with E-state index in [1.54, 1.807) is 12.1 Å². The number of fused-ring (bicyclic) bond motifs is 1. The van der Waals surface area contributed by atoms with E-state index in [4.69, 9.17) is 0 Å². The normalized spacial score (nSPS) is 15.4. The molecule has 3 rings (SSSR count). The van der Waals surface area contributed by atoms with Crippen LogP contribution in [0.4, 0.5) is 5.69 Å². The van der Waals surface area contributed by atoms with Crippen LogP contribution in [0.5, 0.6) is 11.5 Å². The molecule has 0 atom stereocenters. The summed E-state index contributed by atoms with van der Waals surface area (Å²) in [5, 5.41) is 21.8. The predicted octanol–water partition coefficient (Wildman–Crippen LogP) is 2.59. The molecule has 2 aromatic rings. The summed E-state index contributed by atoms with van der Waals surface area (Å²) in [6.07, 6.45) is 1.61. The van der Waals surface area contributed by atoms with Gasteiger partial charge in [0.1, 0.15) is 11.5 Å². The highest BCUT2D eigenvalue weighted by atomic mass is 16.3. The molecule has 1 aliphatic rings. The van der Waals surface area contributed by atoms with Gasteiger partial charge in [-0.05, 0) is 24.3 Å². The molecule has 2 aromatic carbocycles. The lowest BCUT2D eigenvalue weighted by atomic mass is 10.0. The zero-order chi connectivity index (χ0) is 13.4. The van der Waals surface area contributed by atoms with Crippen LogP contribution in [0, 0.1) is 0 Å². The van der Waals surface area contributed by atoms with E-state index in [1.165, 1.54) is 12.1 Å². The van der Waals surface area contributed by atoms with Gasteiger partial charge in [0.05, 0.1) is 0 Å². The van der Waals surface area contributed by atoms with Crippen LogP contribution in [0.15, 0.2) is 42.5 Å². The summed E-state index contributed by atoms with van der Waals surface area (Å²) >= 11 is 0. The van der Waals surface area contributed by atoms with Crippen molar-refractivity contribution in [2.24, 2.45) is 0 Å². The first-order valence-electron chi connectivity index (χ1n) is 5.79. The van der Waals surface area contributed by atoms with Crippen LogP contribution in [-0.2, 0) is 4.79 Å². The Kier molecular flexibility index (Phi) is 2.49.